The van der Waals surface area contributed by atoms with Crippen LogP contribution in [0.3, 0.4) is 0 Å². The van der Waals surface area contributed by atoms with Crippen LogP contribution in [0, 0.1) is 0 Å². The van der Waals surface area contributed by atoms with Crippen LogP contribution >= 0.6 is 0 Å². The molecule has 0 unspecified atom stereocenters. The van der Waals surface area contributed by atoms with Gasteiger partial charge in [-0.25, -0.2) is 0 Å². The van der Waals surface area contributed by atoms with Crippen LogP contribution in [0.2, 0.25) is 0 Å². The number of ether oxygens (including phenoxy) is 1. The van der Waals surface area contributed by atoms with E-state index in [0.717, 1.165) is 36.9 Å². The zero-order valence-electron chi connectivity index (χ0n) is 10.5. The summed E-state index contributed by atoms with van der Waals surface area (Å²) in [6, 6.07) is 1.73. The number of aryl methyl sites for hydroxylation is 2. The molecule has 5 nitrogen and oxygen atoms in total. The minimum Gasteiger partial charge on any atom is -0.385 e. The second-order valence-electron chi connectivity index (χ2n) is 4.47. The van der Waals surface area contributed by atoms with Gasteiger partial charge in [-0.3, -0.25) is 9.59 Å². The number of amides is 1. The highest BCUT2D eigenvalue weighted by molar-refractivity contribution is 5.94. The van der Waals surface area contributed by atoms with E-state index >= 15 is 0 Å². The molecule has 18 heavy (non-hydrogen) atoms. The molecule has 0 aliphatic heterocycles. The van der Waals surface area contributed by atoms with Crippen molar-refractivity contribution in [3.05, 3.63) is 33.2 Å². The lowest BCUT2D eigenvalue weighted by atomic mass is 10.1. The SMILES string of the molecule is COCCCNC(=O)c1cc2c([nH]c1=O)CCC2. The fourth-order valence-electron chi connectivity index (χ4n) is 2.20. The van der Waals surface area contributed by atoms with Crippen molar-refractivity contribution in [1.29, 1.82) is 0 Å². The Kier molecular flexibility index (Phi) is 4.15. The molecule has 0 fully saturated rings. The Bertz CT molecular complexity index is 493. The van der Waals surface area contributed by atoms with Crippen LogP contribution < -0.4 is 10.9 Å². The minimum atomic E-state index is -0.304. The van der Waals surface area contributed by atoms with Gasteiger partial charge in [0.05, 0.1) is 0 Å². The number of pyridine rings is 1. The Morgan fingerprint density at radius 2 is 2.33 bits per heavy atom. The van der Waals surface area contributed by atoms with E-state index in [-0.39, 0.29) is 17.0 Å². The Labute approximate surface area is 106 Å². The smallest absolute Gasteiger partial charge is 0.261 e. The van der Waals surface area contributed by atoms with Crippen molar-refractivity contribution in [2.24, 2.45) is 0 Å². The van der Waals surface area contributed by atoms with Gasteiger partial charge >= 0.3 is 0 Å². The predicted molar refractivity (Wildman–Crippen MR) is 67.9 cm³/mol. The number of hydrogen-bond donors (Lipinski definition) is 2. The van der Waals surface area contributed by atoms with Crippen LogP contribution in [0.4, 0.5) is 0 Å². The summed E-state index contributed by atoms with van der Waals surface area (Å²) in [6.45, 7) is 1.12. The van der Waals surface area contributed by atoms with Crippen molar-refractivity contribution in [3.8, 4) is 0 Å². The number of hydrogen-bond acceptors (Lipinski definition) is 3. The van der Waals surface area contributed by atoms with Gasteiger partial charge in [-0.05, 0) is 37.3 Å². The van der Waals surface area contributed by atoms with Crippen molar-refractivity contribution in [2.45, 2.75) is 25.7 Å². The Balaban J connectivity index is 2.04. The molecule has 2 rings (SSSR count). The second kappa shape index (κ2) is 5.82. The van der Waals surface area contributed by atoms with Crippen molar-refractivity contribution >= 4 is 5.91 Å². The molecule has 0 atom stereocenters. The van der Waals surface area contributed by atoms with Gasteiger partial charge in [-0.1, -0.05) is 0 Å². The quantitative estimate of drug-likeness (QED) is 0.753. The maximum absolute atomic E-state index is 11.9. The average Bonchev–Trinajstić information content (AvgIpc) is 2.80. The largest absolute Gasteiger partial charge is 0.385 e. The van der Waals surface area contributed by atoms with E-state index in [1.165, 1.54) is 0 Å². The van der Waals surface area contributed by atoms with Crippen LogP contribution in [-0.4, -0.2) is 31.2 Å². The van der Waals surface area contributed by atoms with Crippen molar-refractivity contribution in [2.75, 3.05) is 20.3 Å². The molecule has 0 radical (unpaired) electrons. The molecule has 0 spiro atoms. The van der Waals surface area contributed by atoms with Gasteiger partial charge in [-0.2, -0.15) is 0 Å². The molecule has 98 valence electrons. The van der Waals surface area contributed by atoms with Crippen LogP contribution in [-0.2, 0) is 17.6 Å². The van der Waals surface area contributed by atoms with Gasteiger partial charge in [0.2, 0.25) is 0 Å². The summed E-state index contributed by atoms with van der Waals surface area (Å²) in [4.78, 5) is 26.4. The number of aromatic amines is 1. The molecule has 2 N–H and O–H groups in total. The number of nitrogens with one attached hydrogen (secondary N) is 2. The summed E-state index contributed by atoms with van der Waals surface area (Å²) in [7, 11) is 1.62. The number of rotatable bonds is 5. The Morgan fingerprint density at radius 1 is 1.50 bits per heavy atom. The lowest BCUT2D eigenvalue weighted by Crippen LogP contribution is -2.31. The van der Waals surface area contributed by atoms with E-state index in [2.05, 4.69) is 10.3 Å². The second-order valence-corrected chi connectivity index (χ2v) is 4.47. The van der Waals surface area contributed by atoms with E-state index in [1.807, 2.05) is 0 Å². The first-order valence-electron chi connectivity index (χ1n) is 6.24. The Hall–Kier alpha value is -1.62. The molecule has 1 aromatic rings. The first-order chi connectivity index (χ1) is 8.72. The fourth-order valence-corrected chi connectivity index (χ4v) is 2.20. The van der Waals surface area contributed by atoms with E-state index in [4.69, 9.17) is 4.74 Å². The summed E-state index contributed by atoms with van der Waals surface area (Å²) in [6.07, 6.45) is 3.63. The summed E-state index contributed by atoms with van der Waals surface area (Å²) >= 11 is 0. The minimum absolute atomic E-state index is 0.216. The fraction of sp³-hybridized carbons (Fsp3) is 0.538. The highest BCUT2D eigenvalue weighted by atomic mass is 16.5. The monoisotopic (exact) mass is 250 g/mol. The third kappa shape index (κ3) is 2.79. The van der Waals surface area contributed by atoms with Gasteiger partial charge in [-0.15, -0.1) is 0 Å². The summed E-state index contributed by atoms with van der Waals surface area (Å²) < 4.78 is 4.89. The molecule has 0 aromatic carbocycles. The van der Waals surface area contributed by atoms with Gasteiger partial charge < -0.3 is 15.0 Å². The average molecular weight is 250 g/mol. The lowest BCUT2D eigenvalue weighted by molar-refractivity contribution is 0.0947. The molecular weight excluding hydrogens is 232 g/mol. The standard InChI is InChI=1S/C13H18N2O3/c1-18-7-3-6-14-12(16)10-8-9-4-2-5-11(9)15-13(10)17/h8H,2-7H2,1H3,(H,14,16)(H,15,17). The summed E-state index contributed by atoms with van der Waals surface area (Å²) in [5, 5.41) is 2.73. The van der Waals surface area contributed by atoms with Crippen LogP contribution in [0.25, 0.3) is 0 Å². The number of carbonyl (C=O) groups excluding carboxylic acids is 1. The number of fused-ring (bicyclic) bond motifs is 1. The maximum atomic E-state index is 11.9. The van der Waals surface area contributed by atoms with E-state index in [9.17, 15) is 9.59 Å². The summed E-state index contributed by atoms with van der Waals surface area (Å²) in [5.41, 5.74) is 2.00. The third-order valence-electron chi connectivity index (χ3n) is 3.14. The zero-order valence-corrected chi connectivity index (χ0v) is 10.5. The van der Waals surface area contributed by atoms with Crippen molar-refractivity contribution < 1.29 is 9.53 Å². The molecule has 5 heteroatoms. The first kappa shape index (κ1) is 12.8. The first-order valence-corrected chi connectivity index (χ1v) is 6.24. The van der Waals surface area contributed by atoms with Gasteiger partial charge in [0, 0.05) is 26.0 Å². The zero-order chi connectivity index (χ0) is 13.0. The molecule has 0 bridgehead atoms. The molecule has 1 aromatic heterocycles. The number of H-pyrrole nitrogens is 1. The maximum Gasteiger partial charge on any atom is 0.261 e. The van der Waals surface area contributed by atoms with Crippen LogP contribution in [0.5, 0.6) is 0 Å². The highest BCUT2D eigenvalue weighted by Crippen LogP contribution is 2.18. The molecule has 1 heterocycles. The van der Waals surface area contributed by atoms with Gasteiger partial charge in [0.25, 0.3) is 11.5 Å². The van der Waals surface area contributed by atoms with Crippen LogP contribution in [0.15, 0.2) is 10.9 Å². The van der Waals surface area contributed by atoms with Crippen LogP contribution in [0.1, 0.15) is 34.5 Å². The van der Waals surface area contributed by atoms with Gasteiger partial charge in [0.1, 0.15) is 5.56 Å². The molecule has 1 aliphatic carbocycles. The topological polar surface area (TPSA) is 71.2 Å². The highest BCUT2D eigenvalue weighted by Gasteiger charge is 2.17. The van der Waals surface area contributed by atoms with E-state index in [1.54, 1.807) is 13.2 Å². The van der Waals surface area contributed by atoms with E-state index in [0.29, 0.717) is 13.2 Å². The van der Waals surface area contributed by atoms with E-state index < -0.39 is 0 Å². The molecule has 0 saturated carbocycles. The van der Waals surface area contributed by atoms with Gasteiger partial charge in [0.15, 0.2) is 0 Å². The number of aromatic nitrogens is 1. The number of carbonyl (C=O) groups is 1. The summed E-state index contributed by atoms with van der Waals surface area (Å²) in [5.74, 6) is -0.304. The molecular formula is C13H18N2O3. The van der Waals surface area contributed by atoms with Crippen molar-refractivity contribution in [3.63, 3.8) is 0 Å². The Morgan fingerprint density at radius 3 is 3.11 bits per heavy atom. The predicted octanol–water partition coefficient (Wildman–Crippen LogP) is 0.630. The lowest BCUT2D eigenvalue weighted by Gasteiger charge is -2.06. The molecule has 1 amide bonds. The molecule has 1 aliphatic rings. The molecule has 0 saturated heterocycles. The normalized spacial score (nSPS) is 13.4. The number of methoxy groups -OCH3 is 1. The third-order valence-corrected chi connectivity index (χ3v) is 3.14. The van der Waals surface area contributed by atoms with Crippen molar-refractivity contribution in [1.82, 2.24) is 10.3 Å².